The van der Waals surface area contributed by atoms with E-state index in [0.29, 0.717) is 6.42 Å². The summed E-state index contributed by atoms with van der Waals surface area (Å²) in [7, 11) is 0. The Morgan fingerprint density at radius 2 is 2.23 bits per heavy atom. The number of hydrogen-bond donors (Lipinski definition) is 0. The zero-order valence-electron chi connectivity index (χ0n) is 8.81. The molecule has 0 N–H and O–H groups in total. The second-order valence-corrected chi connectivity index (χ2v) is 4.49. The fourth-order valence-corrected chi connectivity index (χ4v) is 2.02. The molecule has 72 valence electrons. The Balaban J connectivity index is 2.82. The summed E-state index contributed by atoms with van der Waals surface area (Å²) in [5.41, 5.74) is 2.96. The molecular formula is C12H18O. The molecule has 1 rings (SSSR count). The summed E-state index contributed by atoms with van der Waals surface area (Å²) in [5, 5.41) is 0. The maximum Gasteiger partial charge on any atom is 0.159 e. The number of carbonyl (C=O) groups excluding carboxylic acids is 1. The van der Waals surface area contributed by atoms with Gasteiger partial charge in [0.1, 0.15) is 0 Å². The highest BCUT2D eigenvalue weighted by molar-refractivity contribution is 5.91. The van der Waals surface area contributed by atoms with Crippen molar-refractivity contribution in [2.75, 3.05) is 0 Å². The monoisotopic (exact) mass is 178 g/mol. The maximum absolute atomic E-state index is 11.2. The van der Waals surface area contributed by atoms with Gasteiger partial charge in [-0.3, -0.25) is 4.79 Å². The largest absolute Gasteiger partial charge is 0.295 e. The van der Waals surface area contributed by atoms with Crippen LogP contribution in [0.25, 0.3) is 0 Å². The minimum atomic E-state index is 0.143. The third kappa shape index (κ3) is 2.09. The summed E-state index contributed by atoms with van der Waals surface area (Å²) in [4.78, 5) is 11.2. The van der Waals surface area contributed by atoms with Crippen LogP contribution in [0, 0.1) is 5.41 Å². The number of ketones is 1. The van der Waals surface area contributed by atoms with Crippen molar-refractivity contribution in [2.24, 2.45) is 5.41 Å². The van der Waals surface area contributed by atoms with E-state index < -0.39 is 0 Å². The van der Waals surface area contributed by atoms with Gasteiger partial charge in [0.25, 0.3) is 0 Å². The Kier molecular flexibility index (Phi) is 2.74. The van der Waals surface area contributed by atoms with Gasteiger partial charge >= 0.3 is 0 Å². The van der Waals surface area contributed by atoms with Gasteiger partial charge in [0.2, 0.25) is 0 Å². The Labute approximate surface area is 80.5 Å². The van der Waals surface area contributed by atoms with E-state index in [0.717, 1.165) is 6.42 Å². The van der Waals surface area contributed by atoms with Crippen LogP contribution in [0.1, 0.15) is 40.0 Å². The maximum atomic E-state index is 11.2. The molecule has 0 bridgehead atoms. The molecule has 0 amide bonds. The Bertz CT molecular complexity index is 269. The summed E-state index contributed by atoms with van der Waals surface area (Å²) in [6, 6.07) is 0. The first kappa shape index (κ1) is 10.2. The lowest BCUT2D eigenvalue weighted by atomic mass is 9.83. The highest BCUT2D eigenvalue weighted by Crippen LogP contribution is 2.43. The zero-order valence-corrected chi connectivity index (χ0v) is 8.81. The average molecular weight is 178 g/mol. The molecule has 0 saturated heterocycles. The number of allylic oxidation sites excluding steroid dienone is 3. The van der Waals surface area contributed by atoms with Gasteiger partial charge in [-0.2, -0.15) is 0 Å². The molecular weight excluding hydrogens is 160 g/mol. The molecule has 1 aliphatic rings. The molecule has 0 unspecified atom stereocenters. The molecule has 0 aliphatic heterocycles. The number of hydrogen-bond acceptors (Lipinski definition) is 1. The van der Waals surface area contributed by atoms with Crippen LogP contribution in [-0.2, 0) is 4.79 Å². The standard InChI is InChI=1S/C12H18O/c1-5-10(13)8-11-9(2)6-7-12(11,3)4/h5H,1,6-8H2,2-4H3. The lowest BCUT2D eigenvalue weighted by molar-refractivity contribution is -0.114. The molecule has 0 aromatic heterocycles. The molecule has 0 fully saturated rings. The molecule has 1 heteroatoms. The quantitative estimate of drug-likeness (QED) is 0.479. The molecule has 1 nitrogen and oxygen atoms in total. The Morgan fingerprint density at radius 1 is 1.62 bits per heavy atom. The zero-order chi connectivity index (χ0) is 10.1. The smallest absolute Gasteiger partial charge is 0.159 e. The van der Waals surface area contributed by atoms with E-state index in [4.69, 9.17) is 0 Å². The van der Waals surface area contributed by atoms with Crippen LogP contribution in [0.2, 0.25) is 0 Å². The van der Waals surface area contributed by atoms with Crippen molar-refractivity contribution in [1.29, 1.82) is 0 Å². The van der Waals surface area contributed by atoms with Crippen molar-refractivity contribution < 1.29 is 4.79 Å². The third-order valence-corrected chi connectivity index (χ3v) is 3.04. The third-order valence-electron chi connectivity index (χ3n) is 3.04. The van der Waals surface area contributed by atoms with Gasteiger partial charge in [-0.25, -0.2) is 0 Å². The van der Waals surface area contributed by atoms with Crippen molar-refractivity contribution in [3.05, 3.63) is 23.8 Å². The predicted molar refractivity (Wildman–Crippen MR) is 55.5 cm³/mol. The van der Waals surface area contributed by atoms with E-state index in [2.05, 4.69) is 27.4 Å². The number of rotatable bonds is 3. The van der Waals surface area contributed by atoms with Crippen molar-refractivity contribution >= 4 is 5.78 Å². The minimum absolute atomic E-state index is 0.143. The van der Waals surface area contributed by atoms with Gasteiger partial charge in [0.15, 0.2) is 5.78 Å². The van der Waals surface area contributed by atoms with Crippen LogP contribution < -0.4 is 0 Å². The molecule has 13 heavy (non-hydrogen) atoms. The highest BCUT2D eigenvalue weighted by Gasteiger charge is 2.30. The fraction of sp³-hybridized carbons (Fsp3) is 0.583. The summed E-state index contributed by atoms with van der Waals surface area (Å²) in [5.74, 6) is 0.143. The Hall–Kier alpha value is -0.850. The highest BCUT2D eigenvalue weighted by atomic mass is 16.1. The fourth-order valence-electron chi connectivity index (χ4n) is 2.02. The van der Waals surface area contributed by atoms with Gasteiger partial charge in [0.05, 0.1) is 0 Å². The second kappa shape index (κ2) is 3.49. The van der Waals surface area contributed by atoms with Crippen molar-refractivity contribution in [3.63, 3.8) is 0 Å². The first-order valence-electron chi connectivity index (χ1n) is 4.82. The van der Waals surface area contributed by atoms with Crippen molar-refractivity contribution in [1.82, 2.24) is 0 Å². The van der Waals surface area contributed by atoms with Crippen molar-refractivity contribution in [3.8, 4) is 0 Å². The molecule has 1 aliphatic carbocycles. The van der Waals surface area contributed by atoms with Gasteiger partial charge in [-0.1, -0.05) is 31.6 Å². The van der Waals surface area contributed by atoms with Crippen LogP contribution in [0.15, 0.2) is 23.8 Å². The van der Waals surface area contributed by atoms with Crippen LogP contribution in [-0.4, -0.2) is 5.78 Å². The van der Waals surface area contributed by atoms with Gasteiger partial charge < -0.3 is 0 Å². The number of carbonyl (C=O) groups is 1. The topological polar surface area (TPSA) is 17.1 Å². The lowest BCUT2D eigenvalue weighted by Crippen LogP contribution is -2.12. The summed E-state index contributed by atoms with van der Waals surface area (Å²) < 4.78 is 0. The average Bonchev–Trinajstić information content (AvgIpc) is 2.31. The SMILES string of the molecule is C=CC(=O)CC1=C(C)CCC1(C)C. The van der Waals surface area contributed by atoms with E-state index in [1.54, 1.807) is 0 Å². The molecule has 0 aromatic carbocycles. The second-order valence-electron chi connectivity index (χ2n) is 4.49. The van der Waals surface area contributed by atoms with Crippen LogP contribution in [0.4, 0.5) is 0 Å². The first-order valence-corrected chi connectivity index (χ1v) is 4.82. The van der Waals surface area contributed by atoms with Crippen LogP contribution in [0.5, 0.6) is 0 Å². The van der Waals surface area contributed by atoms with Gasteiger partial charge in [-0.15, -0.1) is 0 Å². The molecule has 0 radical (unpaired) electrons. The molecule has 0 saturated carbocycles. The van der Waals surface area contributed by atoms with E-state index >= 15 is 0 Å². The molecule has 0 heterocycles. The normalized spacial score (nSPS) is 20.5. The molecule has 0 aromatic rings. The van der Waals surface area contributed by atoms with Crippen LogP contribution >= 0.6 is 0 Å². The predicted octanol–water partition coefficient (Wildman–Crippen LogP) is 3.27. The minimum Gasteiger partial charge on any atom is -0.295 e. The Morgan fingerprint density at radius 3 is 2.62 bits per heavy atom. The van der Waals surface area contributed by atoms with Crippen molar-refractivity contribution in [2.45, 2.75) is 40.0 Å². The van der Waals surface area contributed by atoms with E-state index in [-0.39, 0.29) is 11.2 Å². The first-order chi connectivity index (χ1) is 5.97. The molecule has 0 atom stereocenters. The van der Waals surface area contributed by atoms with Gasteiger partial charge in [-0.05, 0) is 31.3 Å². The summed E-state index contributed by atoms with van der Waals surface area (Å²) >= 11 is 0. The van der Waals surface area contributed by atoms with E-state index in [1.165, 1.54) is 23.6 Å². The van der Waals surface area contributed by atoms with Gasteiger partial charge in [0, 0.05) is 6.42 Å². The summed E-state index contributed by atoms with van der Waals surface area (Å²) in [6.45, 7) is 10.1. The molecule has 0 spiro atoms. The summed E-state index contributed by atoms with van der Waals surface area (Å²) in [6.07, 6.45) is 4.32. The lowest BCUT2D eigenvalue weighted by Gasteiger charge is -2.22. The van der Waals surface area contributed by atoms with Crippen LogP contribution in [0.3, 0.4) is 0 Å². The van der Waals surface area contributed by atoms with E-state index in [9.17, 15) is 4.79 Å². The van der Waals surface area contributed by atoms with E-state index in [1.807, 2.05) is 0 Å².